The van der Waals surface area contributed by atoms with E-state index in [2.05, 4.69) is 17.4 Å². The van der Waals surface area contributed by atoms with E-state index in [-0.39, 0.29) is 24.2 Å². The second-order valence-electron chi connectivity index (χ2n) is 7.27. The second kappa shape index (κ2) is 9.38. The molecule has 5 nitrogen and oxygen atoms in total. The number of amides is 1. The normalized spacial score (nSPS) is 28.2. The maximum absolute atomic E-state index is 12.3. The minimum Gasteiger partial charge on any atom is -0.494 e. The number of fused-ring (bicyclic) bond motifs is 1. The summed E-state index contributed by atoms with van der Waals surface area (Å²) in [6.07, 6.45) is 6.16. The third kappa shape index (κ3) is 4.77. The van der Waals surface area contributed by atoms with Gasteiger partial charge >= 0.3 is 0 Å². The number of benzene rings is 1. The molecule has 1 saturated heterocycles. The maximum Gasteiger partial charge on any atom is 0.222 e. The minimum absolute atomic E-state index is 0.0257. The van der Waals surface area contributed by atoms with Gasteiger partial charge in [0.25, 0.3) is 0 Å². The van der Waals surface area contributed by atoms with Crippen LogP contribution in [0.3, 0.4) is 0 Å². The fourth-order valence-corrected chi connectivity index (χ4v) is 4.23. The van der Waals surface area contributed by atoms with E-state index in [1.807, 2.05) is 19.1 Å². The van der Waals surface area contributed by atoms with E-state index in [4.69, 9.17) is 14.2 Å². The summed E-state index contributed by atoms with van der Waals surface area (Å²) < 4.78 is 17.0. The molecular formula is C21H31NO4. The quantitative estimate of drug-likeness (QED) is 0.806. The summed E-state index contributed by atoms with van der Waals surface area (Å²) in [5.74, 6) is 1.38. The lowest BCUT2D eigenvalue weighted by Gasteiger charge is -2.45. The number of rotatable bonds is 7. The Labute approximate surface area is 156 Å². The van der Waals surface area contributed by atoms with Crippen LogP contribution in [0.2, 0.25) is 0 Å². The largest absolute Gasteiger partial charge is 0.494 e. The van der Waals surface area contributed by atoms with Crippen molar-refractivity contribution in [2.24, 2.45) is 5.92 Å². The molecule has 1 heterocycles. The van der Waals surface area contributed by atoms with Crippen molar-refractivity contribution in [3.63, 3.8) is 0 Å². The molecule has 0 unspecified atom stereocenters. The molecule has 1 aliphatic carbocycles. The lowest BCUT2D eigenvalue weighted by atomic mass is 9.76. The van der Waals surface area contributed by atoms with Gasteiger partial charge in [-0.2, -0.15) is 0 Å². The van der Waals surface area contributed by atoms with Gasteiger partial charge in [-0.15, -0.1) is 0 Å². The van der Waals surface area contributed by atoms with Gasteiger partial charge in [0.2, 0.25) is 5.91 Å². The fourth-order valence-electron chi connectivity index (χ4n) is 4.23. The van der Waals surface area contributed by atoms with Gasteiger partial charge in [-0.25, -0.2) is 0 Å². The van der Waals surface area contributed by atoms with Crippen molar-refractivity contribution in [1.82, 2.24) is 5.32 Å². The van der Waals surface area contributed by atoms with Crippen molar-refractivity contribution < 1.29 is 19.0 Å². The highest BCUT2D eigenvalue weighted by Gasteiger charge is 2.40. The Balaban J connectivity index is 1.70. The van der Waals surface area contributed by atoms with Crippen LogP contribution in [0, 0.1) is 5.92 Å². The van der Waals surface area contributed by atoms with Crippen molar-refractivity contribution in [1.29, 1.82) is 0 Å². The summed E-state index contributed by atoms with van der Waals surface area (Å²) in [5.41, 5.74) is 1.16. The number of hydrogen-bond acceptors (Lipinski definition) is 4. The van der Waals surface area contributed by atoms with Gasteiger partial charge < -0.3 is 19.5 Å². The molecule has 1 saturated carbocycles. The van der Waals surface area contributed by atoms with E-state index in [9.17, 15) is 4.79 Å². The summed E-state index contributed by atoms with van der Waals surface area (Å²) in [5, 5.41) is 3.26. The molecule has 0 spiro atoms. The van der Waals surface area contributed by atoms with Gasteiger partial charge in [-0.3, -0.25) is 4.79 Å². The van der Waals surface area contributed by atoms with Crippen molar-refractivity contribution >= 4 is 5.91 Å². The summed E-state index contributed by atoms with van der Waals surface area (Å²) >= 11 is 0. The molecule has 26 heavy (non-hydrogen) atoms. The van der Waals surface area contributed by atoms with Crippen molar-refractivity contribution in [2.75, 3.05) is 20.3 Å². The van der Waals surface area contributed by atoms with Gasteiger partial charge in [0, 0.05) is 25.5 Å². The van der Waals surface area contributed by atoms with Gasteiger partial charge in [0.15, 0.2) is 0 Å². The molecule has 0 radical (unpaired) electrons. The number of carbonyl (C=O) groups excluding carboxylic acids is 1. The maximum atomic E-state index is 12.3. The molecule has 4 atom stereocenters. The molecule has 0 aromatic heterocycles. The van der Waals surface area contributed by atoms with E-state index in [0.717, 1.165) is 30.6 Å². The summed E-state index contributed by atoms with van der Waals surface area (Å²) in [4.78, 5) is 12.3. The second-order valence-corrected chi connectivity index (χ2v) is 7.27. The predicted molar refractivity (Wildman–Crippen MR) is 100 cm³/mol. The lowest BCUT2D eigenvalue weighted by molar-refractivity contribution is -0.133. The number of hydrogen-bond donors (Lipinski definition) is 1. The average molecular weight is 361 g/mol. The minimum atomic E-state index is 0.0257. The van der Waals surface area contributed by atoms with Crippen molar-refractivity contribution in [2.45, 2.75) is 63.7 Å². The lowest BCUT2D eigenvalue weighted by Crippen LogP contribution is -2.51. The number of ether oxygens (including phenoxy) is 3. The van der Waals surface area contributed by atoms with Gasteiger partial charge in [0.1, 0.15) is 5.75 Å². The highest BCUT2D eigenvalue weighted by atomic mass is 16.5. The fraction of sp³-hybridized carbons (Fsp3) is 0.667. The van der Waals surface area contributed by atoms with Crippen LogP contribution >= 0.6 is 0 Å². The van der Waals surface area contributed by atoms with E-state index >= 15 is 0 Å². The Bertz CT molecular complexity index is 574. The standard InChI is InChI=1S/C21H31NO4/c1-3-25-16-10-8-15(9-11-16)20-14-18(22-21(23)12-13-24-2)17-6-4-5-7-19(17)26-20/h8-11,17-20H,3-7,12-14H2,1-2H3,(H,22,23)/t17-,18+,19+,20+/m0/s1. The Morgan fingerprint density at radius 2 is 2.00 bits per heavy atom. The zero-order chi connectivity index (χ0) is 18.4. The molecule has 144 valence electrons. The molecule has 1 aliphatic heterocycles. The smallest absolute Gasteiger partial charge is 0.222 e. The summed E-state index contributed by atoms with van der Waals surface area (Å²) in [6.45, 7) is 3.11. The molecule has 2 aliphatic rings. The highest BCUT2D eigenvalue weighted by molar-refractivity contribution is 5.76. The van der Waals surface area contributed by atoms with E-state index in [1.165, 1.54) is 12.8 Å². The molecule has 5 heteroatoms. The van der Waals surface area contributed by atoms with Crippen LogP contribution in [0.5, 0.6) is 5.75 Å². The molecule has 1 aromatic carbocycles. The zero-order valence-electron chi connectivity index (χ0n) is 15.9. The Morgan fingerprint density at radius 1 is 1.23 bits per heavy atom. The topological polar surface area (TPSA) is 56.8 Å². The van der Waals surface area contributed by atoms with Crippen molar-refractivity contribution in [3.8, 4) is 5.75 Å². The predicted octanol–water partition coefficient (Wildman–Crippen LogP) is 3.63. The number of nitrogens with one attached hydrogen (secondary N) is 1. The Morgan fingerprint density at radius 3 is 2.73 bits per heavy atom. The van der Waals surface area contributed by atoms with Gasteiger partial charge in [0.05, 0.1) is 25.4 Å². The molecule has 1 N–H and O–H groups in total. The van der Waals surface area contributed by atoms with Crippen molar-refractivity contribution in [3.05, 3.63) is 29.8 Å². The zero-order valence-corrected chi connectivity index (χ0v) is 15.9. The van der Waals surface area contributed by atoms with Gasteiger partial charge in [-0.05, 0) is 43.9 Å². The van der Waals surface area contributed by atoms with Crippen LogP contribution in [-0.2, 0) is 14.3 Å². The molecule has 1 amide bonds. The highest BCUT2D eigenvalue weighted by Crippen LogP contribution is 2.41. The number of carbonyl (C=O) groups is 1. The van der Waals surface area contributed by atoms with Crippen LogP contribution < -0.4 is 10.1 Å². The first-order valence-electron chi connectivity index (χ1n) is 9.87. The SMILES string of the molecule is CCOc1ccc([C@H]2C[C@@H](NC(=O)CCOC)[C@@H]3CCCC[C@H]3O2)cc1. The van der Waals surface area contributed by atoms with Crippen LogP contribution in [0.4, 0.5) is 0 Å². The van der Waals surface area contributed by atoms with Crippen LogP contribution in [0.15, 0.2) is 24.3 Å². The molecule has 2 fully saturated rings. The Hall–Kier alpha value is -1.59. The first-order chi connectivity index (χ1) is 12.7. The number of methoxy groups -OCH3 is 1. The summed E-state index contributed by atoms with van der Waals surface area (Å²) in [7, 11) is 1.63. The molecular weight excluding hydrogens is 330 g/mol. The molecule has 0 bridgehead atoms. The van der Waals surface area contributed by atoms with E-state index < -0.39 is 0 Å². The Kier molecular flexibility index (Phi) is 6.92. The summed E-state index contributed by atoms with van der Waals surface area (Å²) in [6, 6.07) is 8.35. The first-order valence-corrected chi connectivity index (χ1v) is 9.87. The molecule has 1 aromatic rings. The third-order valence-electron chi connectivity index (χ3n) is 5.52. The third-order valence-corrected chi connectivity index (χ3v) is 5.52. The van der Waals surface area contributed by atoms with Gasteiger partial charge in [-0.1, -0.05) is 25.0 Å². The van der Waals surface area contributed by atoms with Crippen LogP contribution in [0.25, 0.3) is 0 Å². The monoisotopic (exact) mass is 361 g/mol. The van der Waals surface area contributed by atoms with Crippen LogP contribution in [0.1, 0.15) is 57.1 Å². The van der Waals surface area contributed by atoms with E-state index in [0.29, 0.717) is 25.6 Å². The first kappa shape index (κ1) is 19.2. The molecule has 3 rings (SSSR count). The van der Waals surface area contributed by atoms with E-state index in [1.54, 1.807) is 7.11 Å². The average Bonchev–Trinajstić information content (AvgIpc) is 2.67. The van der Waals surface area contributed by atoms with Crippen LogP contribution in [-0.4, -0.2) is 38.4 Å².